The molecular weight excluding hydrogens is 352 g/mol. The smallest absolute Gasteiger partial charge is 0.224 e. The summed E-state index contributed by atoms with van der Waals surface area (Å²) in [5, 5.41) is 17.8. The normalized spacial score (nSPS) is 22.7. The predicted octanol–water partition coefficient (Wildman–Crippen LogP) is 2.16. The zero-order valence-electron chi connectivity index (χ0n) is 15.9. The maximum absolute atomic E-state index is 9.74. The highest BCUT2D eigenvalue weighted by Gasteiger charge is 2.23. The molecule has 0 bridgehead atoms. The van der Waals surface area contributed by atoms with Gasteiger partial charge in [0.05, 0.1) is 11.6 Å². The number of anilines is 2. The second-order valence-corrected chi connectivity index (χ2v) is 7.68. The van der Waals surface area contributed by atoms with Crippen molar-refractivity contribution in [3.8, 4) is 5.82 Å². The molecule has 3 N–H and O–H groups in total. The number of rotatable bonds is 4. The molecular formula is C21H26N6O. The van der Waals surface area contributed by atoms with Gasteiger partial charge in [0.1, 0.15) is 5.82 Å². The lowest BCUT2D eigenvalue weighted by molar-refractivity contribution is 0.182. The molecule has 7 nitrogen and oxygen atoms in total. The number of benzene rings is 1. The van der Waals surface area contributed by atoms with E-state index in [0.29, 0.717) is 5.95 Å². The Hall–Kier alpha value is -2.64. The monoisotopic (exact) mass is 378 g/mol. The van der Waals surface area contributed by atoms with E-state index in [4.69, 9.17) is 4.98 Å². The summed E-state index contributed by atoms with van der Waals surface area (Å²) in [6, 6.07) is 10.8. The molecule has 0 spiro atoms. The average Bonchev–Trinajstić information content (AvgIpc) is 3.35. The Kier molecular flexibility index (Phi) is 4.62. The van der Waals surface area contributed by atoms with Crippen molar-refractivity contribution in [2.75, 3.05) is 36.4 Å². The SMILES string of the molecule is O[C@H]1CC[C@H](Nc2nccc(-n3ccc4c(N5CCNCC5)cccc43)n2)C1. The van der Waals surface area contributed by atoms with Gasteiger partial charge in [0, 0.05) is 55.7 Å². The number of hydrogen-bond donors (Lipinski definition) is 3. The Morgan fingerprint density at radius 1 is 1.11 bits per heavy atom. The quantitative estimate of drug-likeness (QED) is 0.646. The highest BCUT2D eigenvalue weighted by atomic mass is 16.3. The average molecular weight is 378 g/mol. The highest BCUT2D eigenvalue weighted by molar-refractivity contribution is 5.94. The van der Waals surface area contributed by atoms with E-state index in [0.717, 1.165) is 56.8 Å². The summed E-state index contributed by atoms with van der Waals surface area (Å²) < 4.78 is 2.12. The topological polar surface area (TPSA) is 78.2 Å². The summed E-state index contributed by atoms with van der Waals surface area (Å²) in [7, 11) is 0. The van der Waals surface area contributed by atoms with Crippen LogP contribution in [-0.2, 0) is 0 Å². The van der Waals surface area contributed by atoms with Crippen LogP contribution in [0.1, 0.15) is 19.3 Å². The molecule has 5 rings (SSSR count). The van der Waals surface area contributed by atoms with Crippen LogP contribution in [0.2, 0.25) is 0 Å². The summed E-state index contributed by atoms with van der Waals surface area (Å²) in [5.41, 5.74) is 2.43. The van der Waals surface area contributed by atoms with E-state index in [1.54, 1.807) is 6.20 Å². The highest BCUT2D eigenvalue weighted by Crippen LogP contribution is 2.30. The fraction of sp³-hybridized carbons (Fsp3) is 0.429. The summed E-state index contributed by atoms with van der Waals surface area (Å²) in [6.45, 7) is 4.10. The van der Waals surface area contributed by atoms with Crippen LogP contribution in [0, 0.1) is 0 Å². The van der Waals surface area contributed by atoms with E-state index in [2.05, 4.69) is 55.5 Å². The maximum atomic E-state index is 9.74. The molecule has 2 fully saturated rings. The van der Waals surface area contributed by atoms with Crippen LogP contribution in [-0.4, -0.2) is 58.0 Å². The summed E-state index contributed by atoms with van der Waals surface area (Å²) >= 11 is 0. The summed E-state index contributed by atoms with van der Waals surface area (Å²) in [5.74, 6) is 1.47. The van der Waals surface area contributed by atoms with Crippen molar-refractivity contribution in [2.24, 2.45) is 0 Å². The molecule has 1 saturated carbocycles. The minimum Gasteiger partial charge on any atom is -0.393 e. The van der Waals surface area contributed by atoms with Crippen LogP contribution in [0.25, 0.3) is 16.7 Å². The third-order valence-corrected chi connectivity index (χ3v) is 5.79. The lowest BCUT2D eigenvalue weighted by Gasteiger charge is -2.30. The van der Waals surface area contributed by atoms with Gasteiger partial charge in [0.2, 0.25) is 5.95 Å². The van der Waals surface area contributed by atoms with Crippen molar-refractivity contribution < 1.29 is 5.11 Å². The number of aromatic nitrogens is 3. The van der Waals surface area contributed by atoms with E-state index in [1.165, 1.54) is 11.1 Å². The molecule has 1 aliphatic carbocycles. The Morgan fingerprint density at radius 3 is 2.82 bits per heavy atom. The van der Waals surface area contributed by atoms with Crippen LogP contribution in [0.4, 0.5) is 11.6 Å². The minimum atomic E-state index is -0.211. The molecule has 3 heterocycles. The molecule has 2 aromatic heterocycles. The molecule has 0 amide bonds. The van der Waals surface area contributed by atoms with E-state index < -0.39 is 0 Å². The standard InChI is InChI=1S/C21H26N6O/c28-16-5-4-15(14-16)24-21-23-8-6-20(25-21)27-11-7-17-18(2-1-3-19(17)27)26-12-9-22-10-13-26/h1-3,6-8,11,15-16,22,28H,4-5,9-10,12-14H2,(H,23,24,25)/t15-,16-/m0/s1. The van der Waals surface area contributed by atoms with Crippen molar-refractivity contribution in [3.05, 3.63) is 42.7 Å². The van der Waals surface area contributed by atoms with Gasteiger partial charge in [-0.15, -0.1) is 0 Å². The third kappa shape index (κ3) is 3.31. The third-order valence-electron chi connectivity index (χ3n) is 5.79. The van der Waals surface area contributed by atoms with Crippen LogP contribution in [0.15, 0.2) is 42.7 Å². The van der Waals surface area contributed by atoms with E-state index in [-0.39, 0.29) is 12.1 Å². The van der Waals surface area contributed by atoms with Crippen molar-refractivity contribution in [1.29, 1.82) is 0 Å². The minimum absolute atomic E-state index is 0.211. The van der Waals surface area contributed by atoms with Crippen molar-refractivity contribution in [1.82, 2.24) is 19.9 Å². The molecule has 7 heteroatoms. The predicted molar refractivity (Wildman–Crippen MR) is 111 cm³/mol. The Balaban J connectivity index is 1.45. The van der Waals surface area contributed by atoms with Gasteiger partial charge in [-0.05, 0) is 43.5 Å². The van der Waals surface area contributed by atoms with E-state index in [1.807, 2.05) is 6.07 Å². The first-order chi connectivity index (χ1) is 13.8. The summed E-state index contributed by atoms with van der Waals surface area (Å²) in [4.78, 5) is 11.6. The van der Waals surface area contributed by atoms with Crippen LogP contribution in [0.5, 0.6) is 0 Å². The van der Waals surface area contributed by atoms with Crippen molar-refractivity contribution in [2.45, 2.75) is 31.4 Å². The first-order valence-corrected chi connectivity index (χ1v) is 10.1. The second kappa shape index (κ2) is 7.41. The molecule has 0 radical (unpaired) electrons. The molecule has 2 aliphatic rings. The van der Waals surface area contributed by atoms with Gasteiger partial charge < -0.3 is 25.2 Å². The molecule has 1 aromatic carbocycles. The molecule has 2 atom stereocenters. The lowest BCUT2D eigenvalue weighted by Crippen LogP contribution is -2.43. The molecule has 1 aliphatic heterocycles. The van der Waals surface area contributed by atoms with Gasteiger partial charge in [0.25, 0.3) is 0 Å². The first kappa shape index (κ1) is 17.5. The van der Waals surface area contributed by atoms with Crippen molar-refractivity contribution in [3.63, 3.8) is 0 Å². The number of nitrogens with one attached hydrogen (secondary N) is 2. The van der Waals surface area contributed by atoms with Crippen LogP contribution >= 0.6 is 0 Å². The number of piperazine rings is 1. The van der Waals surface area contributed by atoms with E-state index in [9.17, 15) is 5.11 Å². The number of aliphatic hydroxyl groups is 1. The maximum Gasteiger partial charge on any atom is 0.224 e. The Labute approximate surface area is 164 Å². The number of hydrogen-bond acceptors (Lipinski definition) is 6. The van der Waals surface area contributed by atoms with Gasteiger partial charge in [-0.2, -0.15) is 4.98 Å². The number of aliphatic hydroxyl groups excluding tert-OH is 1. The number of nitrogens with zero attached hydrogens (tertiary/aromatic N) is 4. The van der Waals surface area contributed by atoms with Gasteiger partial charge >= 0.3 is 0 Å². The van der Waals surface area contributed by atoms with E-state index >= 15 is 0 Å². The van der Waals surface area contributed by atoms with Crippen LogP contribution in [0.3, 0.4) is 0 Å². The molecule has 146 valence electrons. The van der Waals surface area contributed by atoms with Gasteiger partial charge in [-0.25, -0.2) is 4.98 Å². The first-order valence-electron chi connectivity index (χ1n) is 10.1. The Bertz CT molecular complexity index is 964. The largest absolute Gasteiger partial charge is 0.393 e. The second-order valence-electron chi connectivity index (χ2n) is 7.68. The zero-order chi connectivity index (χ0) is 18.9. The van der Waals surface area contributed by atoms with Gasteiger partial charge in [-0.1, -0.05) is 6.07 Å². The summed E-state index contributed by atoms with van der Waals surface area (Å²) in [6.07, 6.45) is 6.22. The zero-order valence-corrected chi connectivity index (χ0v) is 15.9. The van der Waals surface area contributed by atoms with Crippen molar-refractivity contribution >= 4 is 22.5 Å². The molecule has 3 aromatic rings. The lowest BCUT2D eigenvalue weighted by atomic mass is 10.2. The molecule has 1 saturated heterocycles. The fourth-order valence-electron chi connectivity index (χ4n) is 4.36. The molecule has 28 heavy (non-hydrogen) atoms. The van der Waals surface area contributed by atoms with Gasteiger partial charge in [0.15, 0.2) is 0 Å². The van der Waals surface area contributed by atoms with Gasteiger partial charge in [-0.3, -0.25) is 0 Å². The fourth-order valence-corrected chi connectivity index (χ4v) is 4.36. The molecule has 0 unspecified atom stereocenters. The Morgan fingerprint density at radius 2 is 2.00 bits per heavy atom. The van der Waals surface area contributed by atoms with Crippen LogP contribution < -0.4 is 15.5 Å². The number of fused-ring (bicyclic) bond motifs is 1.